The highest BCUT2D eigenvalue weighted by molar-refractivity contribution is 6.32. The fourth-order valence-corrected chi connectivity index (χ4v) is 4.46. The average Bonchev–Trinajstić information content (AvgIpc) is 3.20. The van der Waals surface area contributed by atoms with Crippen LogP contribution in [0.4, 0.5) is 17.2 Å². The molecule has 1 aliphatic heterocycles. The second kappa shape index (κ2) is 7.38. The lowest BCUT2D eigenvalue weighted by molar-refractivity contribution is -0.385. The molecular weight excluding hydrogens is 418 g/mol. The maximum atomic E-state index is 11.7. The topological polar surface area (TPSA) is 104 Å². The van der Waals surface area contributed by atoms with E-state index in [2.05, 4.69) is 39.1 Å². The van der Waals surface area contributed by atoms with Crippen molar-refractivity contribution >= 4 is 39.7 Å². The van der Waals surface area contributed by atoms with Gasteiger partial charge in [0.15, 0.2) is 0 Å². The summed E-state index contributed by atoms with van der Waals surface area (Å²) in [7, 11) is 2.10. The molecule has 0 unspecified atom stereocenters. The Bertz CT molecular complexity index is 1270. The average molecular weight is 436 g/mol. The number of nitrogens with zero attached hydrogens (tertiary/aromatic N) is 4. The minimum absolute atomic E-state index is 0.0370. The lowest BCUT2D eigenvalue weighted by Crippen LogP contribution is -2.18. The third-order valence-electron chi connectivity index (χ3n) is 5.91. The van der Waals surface area contributed by atoms with Crippen LogP contribution in [0, 0.1) is 39.7 Å². The first-order valence-electron chi connectivity index (χ1n) is 9.79. The van der Waals surface area contributed by atoms with Gasteiger partial charge in [-0.3, -0.25) is 10.1 Å². The molecule has 2 fully saturated rings. The lowest BCUT2D eigenvalue weighted by atomic mass is 10.1. The van der Waals surface area contributed by atoms with Gasteiger partial charge in [0.25, 0.3) is 5.69 Å². The molecule has 156 valence electrons. The number of halogens is 1. The highest BCUT2D eigenvalue weighted by Gasteiger charge is 2.54. The van der Waals surface area contributed by atoms with Gasteiger partial charge in [0.1, 0.15) is 23.5 Å². The Balaban J connectivity index is 1.50. The number of anilines is 2. The molecule has 8 nitrogen and oxygen atoms in total. The minimum atomic E-state index is -0.431. The summed E-state index contributed by atoms with van der Waals surface area (Å²) in [6.45, 7) is 2.07. The van der Waals surface area contributed by atoms with Gasteiger partial charge in [-0.1, -0.05) is 23.4 Å². The Morgan fingerprint density at radius 1 is 1.26 bits per heavy atom. The minimum Gasteiger partial charge on any atom is -0.506 e. The molecule has 1 aromatic heterocycles. The van der Waals surface area contributed by atoms with E-state index < -0.39 is 4.92 Å². The fourth-order valence-electron chi connectivity index (χ4n) is 4.28. The van der Waals surface area contributed by atoms with Crippen molar-refractivity contribution in [1.29, 1.82) is 0 Å². The van der Waals surface area contributed by atoms with Gasteiger partial charge in [0.05, 0.1) is 15.5 Å². The summed E-state index contributed by atoms with van der Waals surface area (Å²) in [5.74, 6) is 8.11. The first kappa shape index (κ1) is 19.5. The van der Waals surface area contributed by atoms with Crippen LogP contribution >= 0.6 is 11.6 Å². The standard InChI is InChI=1S/C22H18ClN5O3/c1-27-9-16-14(17(16)10-27)4-2-12-6-19-15(8-20(12)28(30)31)22(25-11-24-19)26-13-3-5-21(29)18(23)7-13/h3,5-8,11,14,16-17,29H,9-10H2,1H3,(H,24,25,26)/t14-,16-,17+. The molecule has 0 amide bonds. The molecule has 2 heterocycles. The number of aromatic hydroxyl groups is 1. The van der Waals surface area contributed by atoms with Crippen molar-refractivity contribution in [3.63, 3.8) is 0 Å². The van der Waals surface area contributed by atoms with Crippen LogP contribution in [0.5, 0.6) is 5.75 Å². The summed E-state index contributed by atoms with van der Waals surface area (Å²) in [4.78, 5) is 22.1. The summed E-state index contributed by atoms with van der Waals surface area (Å²) in [5.41, 5.74) is 1.41. The number of rotatable bonds is 3. The molecule has 2 aliphatic rings. The summed E-state index contributed by atoms with van der Waals surface area (Å²) in [5, 5.41) is 25.1. The number of hydrogen-bond donors (Lipinski definition) is 2. The van der Waals surface area contributed by atoms with Crippen molar-refractivity contribution in [2.24, 2.45) is 17.8 Å². The summed E-state index contributed by atoms with van der Waals surface area (Å²) in [6.07, 6.45) is 1.39. The normalized spacial score (nSPS) is 21.9. The zero-order chi connectivity index (χ0) is 21.7. The van der Waals surface area contributed by atoms with Crippen molar-refractivity contribution in [3.8, 4) is 17.6 Å². The predicted molar refractivity (Wildman–Crippen MR) is 117 cm³/mol. The van der Waals surface area contributed by atoms with E-state index in [9.17, 15) is 15.2 Å². The highest BCUT2D eigenvalue weighted by atomic mass is 35.5. The van der Waals surface area contributed by atoms with Crippen LogP contribution in [-0.4, -0.2) is 45.0 Å². The third-order valence-corrected chi connectivity index (χ3v) is 6.21. The number of phenolic OH excluding ortho intramolecular Hbond substituents is 1. The molecule has 0 spiro atoms. The van der Waals surface area contributed by atoms with Gasteiger partial charge in [-0.15, -0.1) is 0 Å². The number of fused-ring (bicyclic) bond motifs is 2. The monoisotopic (exact) mass is 435 g/mol. The van der Waals surface area contributed by atoms with E-state index in [-0.39, 0.29) is 16.5 Å². The molecule has 3 atom stereocenters. The molecule has 1 saturated heterocycles. The van der Waals surface area contributed by atoms with E-state index in [4.69, 9.17) is 11.6 Å². The number of nitrogens with one attached hydrogen (secondary N) is 1. The summed E-state index contributed by atoms with van der Waals surface area (Å²) < 4.78 is 0. The van der Waals surface area contributed by atoms with Gasteiger partial charge >= 0.3 is 0 Å². The largest absolute Gasteiger partial charge is 0.506 e. The van der Waals surface area contributed by atoms with Crippen LogP contribution in [0.1, 0.15) is 5.56 Å². The second-order valence-electron chi connectivity index (χ2n) is 8.00. The Hall–Kier alpha value is -3.41. The third kappa shape index (κ3) is 3.63. The fraction of sp³-hybridized carbons (Fsp3) is 0.273. The van der Waals surface area contributed by atoms with Crippen LogP contribution in [0.3, 0.4) is 0 Å². The van der Waals surface area contributed by atoms with E-state index in [1.807, 2.05) is 0 Å². The Kier molecular flexibility index (Phi) is 4.65. The summed E-state index contributed by atoms with van der Waals surface area (Å²) >= 11 is 5.96. The van der Waals surface area contributed by atoms with Crippen molar-refractivity contribution in [2.45, 2.75) is 0 Å². The van der Waals surface area contributed by atoms with E-state index >= 15 is 0 Å². The molecule has 5 rings (SSSR count). The Labute approximate surface area is 183 Å². The Morgan fingerprint density at radius 2 is 2.03 bits per heavy atom. The molecular formula is C22H18ClN5O3. The van der Waals surface area contributed by atoms with Crippen molar-refractivity contribution in [3.05, 3.63) is 57.4 Å². The molecule has 3 aromatic rings. The van der Waals surface area contributed by atoms with E-state index in [0.717, 1.165) is 13.1 Å². The first-order chi connectivity index (χ1) is 14.9. The number of piperidine rings is 1. The van der Waals surface area contributed by atoms with E-state index in [1.165, 1.54) is 18.5 Å². The molecule has 1 aliphatic carbocycles. The summed E-state index contributed by atoms with van der Waals surface area (Å²) in [6, 6.07) is 7.72. The van der Waals surface area contributed by atoms with E-state index in [0.29, 0.717) is 45.7 Å². The van der Waals surface area contributed by atoms with Gasteiger partial charge in [0.2, 0.25) is 0 Å². The van der Waals surface area contributed by atoms with Gasteiger partial charge in [-0.2, -0.15) is 0 Å². The molecule has 0 bridgehead atoms. The number of phenols is 1. The van der Waals surface area contributed by atoms with Crippen LogP contribution in [0.2, 0.25) is 5.02 Å². The van der Waals surface area contributed by atoms with Gasteiger partial charge in [0, 0.05) is 36.1 Å². The van der Waals surface area contributed by atoms with E-state index in [1.54, 1.807) is 18.2 Å². The lowest BCUT2D eigenvalue weighted by Gasteiger charge is -2.10. The zero-order valence-electron chi connectivity index (χ0n) is 16.5. The maximum Gasteiger partial charge on any atom is 0.285 e. The molecule has 0 radical (unpaired) electrons. The van der Waals surface area contributed by atoms with Crippen LogP contribution in [0.15, 0.2) is 36.7 Å². The highest BCUT2D eigenvalue weighted by Crippen LogP contribution is 2.50. The number of likely N-dealkylation sites (tertiary alicyclic amines) is 1. The first-order valence-corrected chi connectivity index (χ1v) is 10.2. The maximum absolute atomic E-state index is 11.7. The Morgan fingerprint density at radius 3 is 2.74 bits per heavy atom. The van der Waals surface area contributed by atoms with Gasteiger partial charge in [-0.25, -0.2) is 9.97 Å². The zero-order valence-corrected chi connectivity index (χ0v) is 17.3. The predicted octanol–water partition coefficient (Wildman–Crippen LogP) is 3.80. The van der Waals surface area contributed by atoms with Crippen LogP contribution < -0.4 is 5.32 Å². The van der Waals surface area contributed by atoms with Crippen LogP contribution in [0.25, 0.3) is 10.9 Å². The number of benzene rings is 2. The number of nitro groups is 1. The molecule has 2 aromatic carbocycles. The van der Waals surface area contributed by atoms with Gasteiger partial charge in [-0.05, 0) is 43.1 Å². The van der Waals surface area contributed by atoms with Crippen molar-refractivity contribution in [1.82, 2.24) is 14.9 Å². The number of nitro benzene ring substituents is 1. The molecule has 1 saturated carbocycles. The van der Waals surface area contributed by atoms with Crippen LogP contribution in [-0.2, 0) is 0 Å². The molecule has 31 heavy (non-hydrogen) atoms. The smallest absolute Gasteiger partial charge is 0.285 e. The SMILES string of the molecule is CN1C[C@@H]2[C@@H](C#Cc3cc4ncnc(Nc5ccc(O)c(Cl)c5)c4cc3[N+](=O)[O-])[C@@H]2C1. The van der Waals surface area contributed by atoms with Gasteiger partial charge < -0.3 is 15.3 Å². The van der Waals surface area contributed by atoms with Crippen molar-refractivity contribution < 1.29 is 10.0 Å². The molecule has 2 N–H and O–H groups in total. The number of aromatic nitrogens is 2. The van der Waals surface area contributed by atoms with Crippen molar-refractivity contribution in [2.75, 3.05) is 25.5 Å². The second-order valence-corrected chi connectivity index (χ2v) is 8.41. The quantitative estimate of drug-likeness (QED) is 0.279. The molecule has 9 heteroatoms. The number of hydrogen-bond acceptors (Lipinski definition) is 7.